The Bertz CT molecular complexity index is 303. The summed E-state index contributed by atoms with van der Waals surface area (Å²) >= 11 is 0. The van der Waals surface area contributed by atoms with E-state index in [0.717, 1.165) is 11.1 Å². The van der Waals surface area contributed by atoms with Gasteiger partial charge >= 0.3 is 0 Å². The summed E-state index contributed by atoms with van der Waals surface area (Å²) < 4.78 is 0. The topological polar surface area (TPSA) is 40.5 Å². The first kappa shape index (κ1) is 11.1. The van der Waals surface area contributed by atoms with E-state index in [2.05, 4.69) is 0 Å². The smallest absolute Gasteiger partial charge is 0.122 e. The molecule has 2 heteroatoms. The van der Waals surface area contributed by atoms with Gasteiger partial charge in [-0.15, -0.1) is 0 Å². The van der Waals surface area contributed by atoms with E-state index in [0.29, 0.717) is 18.1 Å². The van der Waals surface area contributed by atoms with E-state index in [1.807, 2.05) is 32.0 Å². The predicted octanol–water partition coefficient (Wildman–Crippen LogP) is 2.44. The van der Waals surface area contributed by atoms with Crippen LogP contribution in [0.3, 0.4) is 0 Å². The van der Waals surface area contributed by atoms with Gasteiger partial charge in [-0.1, -0.05) is 32.0 Å². The van der Waals surface area contributed by atoms with E-state index in [9.17, 15) is 10.2 Å². The molecule has 0 saturated carbocycles. The average Bonchev–Trinajstić information content (AvgIpc) is 2.07. The molecule has 1 rings (SSSR count). The average molecular weight is 194 g/mol. The second-order valence-corrected chi connectivity index (χ2v) is 4.06. The number of hydrogen-bond donors (Lipinski definition) is 2. The second kappa shape index (κ2) is 4.47. The molecule has 0 aliphatic rings. The van der Waals surface area contributed by atoms with Crippen LogP contribution in [0.2, 0.25) is 0 Å². The van der Waals surface area contributed by atoms with Crippen molar-refractivity contribution in [3.8, 4) is 5.75 Å². The molecule has 0 amide bonds. The molecule has 0 aliphatic heterocycles. The summed E-state index contributed by atoms with van der Waals surface area (Å²) in [5.74, 6) is 0.646. The van der Waals surface area contributed by atoms with Crippen LogP contribution in [0, 0.1) is 0 Å². The van der Waals surface area contributed by atoms with Crippen molar-refractivity contribution in [1.29, 1.82) is 0 Å². The molecule has 2 N–H and O–H groups in total. The Morgan fingerprint density at radius 1 is 1.21 bits per heavy atom. The lowest BCUT2D eigenvalue weighted by molar-refractivity contribution is 0.194. The van der Waals surface area contributed by atoms with Crippen molar-refractivity contribution >= 4 is 0 Å². The van der Waals surface area contributed by atoms with Gasteiger partial charge in [0.15, 0.2) is 0 Å². The number of aliphatic hydroxyl groups is 1. The van der Waals surface area contributed by atoms with Gasteiger partial charge in [0.05, 0.1) is 6.10 Å². The highest BCUT2D eigenvalue weighted by Gasteiger charge is 2.10. The Hall–Kier alpha value is -1.02. The molecule has 0 radical (unpaired) electrons. The van der Waals surface area contributed by atoms with E-state index in [1.54, 1.807) is 6.92 Å². The van der Waals surface area contributed by atoms with Gasteiger partial charge in [-0.25, -0.2) is 0 Å². The van der Waals surface area contributed by atoms with Crippen LogP contribution in [0.25, 0.3) is 0 Å². The number of aromatic hydroxyl groups is 1. The van der Waals surface area contributed by atoms with Crippen LogP contribution < -0.4 is 0 Å². The minimum atomic E-state index is -0.414. The standard InChI is InChI=1S/C12H18O2/c1-8(2)11-6-4-5-10(12(11)14)7-9(3)13/h4-6,8-9,13-14H,7H2,1-3H3. The van der Waals surface area contributed by atoms with Gasteiger partial charge in [0, 0.05) is 6.42 Å². The van der Waals surface area contributed by atoms with Crippen LogP contribution >= 0.6 is 0 Å². The van der Waals surface area contributed by atoms with Crippen LogP contribution in [0.15, 0.2) is 18.2 Å². The first-order valence-corrected chi connectivity index (χ1v) is 5.01. The first-order chi connectivity index (χ1) is 6.52. The van der Waals surface area contributed by atoms with Crippen LogP contribution in [0.5, 0.6) is 5.75 Å². The highest BCUT2D eigenvalue weighted by molar-refractivity contribution is 5.42. The lowest BCUT2D eigenvalue weighted by atomic mass is 9.97. The van der Waals surface area contributed by atoms with E-state index >= 15 is 0 Å². The van der Waals surface area contributed by atoms with E-state index in [4.69, 9.17) is 0 Å². The third-order valence-corrected chi connectivity index (χ3v) is 2.29. The van der Waals surface area contributed by atoms with Crippen molar-refractivity contribution in [3.63, 3.8) is 0 Å². The summed E-state index contributed by atoms with van der Waals surface area (Å²) in [5, 5.41) is 19.1. The molecule has 0 aromatic heterocycles. The van der Waals surface area contributed by atoms with E-state index < -0.39 is 6.10 Å². The lowest BCUT2D eigenvalue weighted by Gasteiger charge is -2.13. The van der Waals surface area contributed by atoms with Gasteiger partial charge in [0.25, 0.3) is 0 Å². The normalized spacial score (nSPS) is 13.2. The second-order valence-electron chi connectivity index (χ2n) is 4.06. The quantitative estimate of drug-likeness (QED) is 0.776. The zero-order valence-corrected chi connectivity index (χ0v) is 8.99. The molecular formula is C12H18O2. The molecular weight excluding hydrogens is 176 g/mol. The molecule has 0 bridgehead atoms. The number of para-hydroxylation sites is 1. The number of rotatable bonds is 3. The van der Waals surface area contributed by atoms with Crippen molar-refractivity contribution in [3.05, 3.63) is 29.3 Å². The molecule has 2 nitrogen and oxygen atoms in total. The Morgan fingerprint density at radius 3 is 2.36 bits per heavy atom. The largest absolute Gasteiger partial charge is 0.507 e. The highest BCUT2D eigenvalue weighted by Crippen LogP contribution is 2.29. The van der Waals surface area contributed by atoms with Gasteiger partial charge in [0.1, 0.15) is 5.75 Å². The molecule has 0 spiro atoms. The third-order valence-electron chi connectivity index (χ3n) is 2.29. The van der Waals surface area contributed by atoms with Gasteiger partial charge in [0.2, 0.25) is 0 Å². The SMILES string of the molecule is CC(O)Cc1cccc(C(C)C)c1O. The predicted molar refractivity (Wildman–Crippen MR) is 57.6 cm³/mol. The Morgan fingerprint density at radius 2 is 1.86 bits per heavy atom. The molecule has 1 unspecified atom stereocenters. The van der Waals surface area contributed by atoms with Crippen molar-refractivity contribution < 1.29 is 10.2 Å². The molecule has 0 heterocycles. The number of phenolic OH excluding ortho intramolecular Hbond substituents is 1. The van der Waals surface area contributed by atoms with Crippen molar-refractivity contribution in [1.82, 2.24) is 0 Å². The third kappa shape index (κ3) is 2.48. The van der Waals surface area contributed by atoms with Gasteiger partial charge < -0.3 is 10.2 Å². The number of benzene rings is 1. The first-order valence-electron chi connectivity index (χ1n) is 5.01. The fourth-order valence-electron chi connectivity index (χ4n) is 1.56. The summed E-state index contributed by atoms with van der Waals surface area (Å²) in [7, 11) is 0. The summed E-state index contributed by atoms with van der Waals surface area (Å²) in [4.78, 5) is 0. The maximum absolute atomic E-state index is 9.90. The number of phenols is 1. The fourth-order valence-corrected chi connectivity index (χ4v) is 1.56. The highest BCUT2D eigenvalue weighted by atomic mass is 16.3. The molecule has 78 valence electrons. The van der Waals surface area contributed by atoms with Gasteiger partial charge in [-0.3, -0.25) is 0 Å². The monoisotopic (exact) mass is 194 g/mol. The van der Waals surface area contributed by atoms with Crippen molar-refractivity contribution in [2.75, 3.05) is 0 Å². The Labute approximate surface area is 85.2 Å². The molecule has 14 heavy (non-hydrogen) atoms. The summed E-state index contributed by atoms with van der Waals surface area (Å²) in [6.07, 6.45) is 0.0927. The summed E-state index contributed by atoms with van der Waals surface area (Å²) in [6.45, 7) is 5.81. The molecule has 1 aromatic carbocycles. The zero-order valence-electron chi connectivity index (χ0n) is 8.99. The lowest BCUT2D eigenvalue weighted by Crippen LogP contribution is -2.05. The molecule has 0 fully saturated rings. The molecule has 1 aromatic rings. The Balaban J connectivity index is 3.01. The summed E-state index contributed by atoms with van der Waals surface area (Å²) in [6, 6.07) is 5.70. The van der Waals surface area contributed by atoms with Gasteiger partial charge in [-0.05, 0) is 24.0 Å². The van der Waals surface area contributed by atoms with E-state index in [1.165, 1.54) is 0 Å². The van der Waals surface area contributed by atoms with Crippen LogP contribution in [-0.2, 0) is 6.42 Å². The molecule has 1 atom stereocenters. The van der Waals surface area contributed by atoms with Crippen molar-refractivity contribution in [2.45, 2.75) is 39.2 Å². The number of aliphatic hydroxyl groups excluding tert-OH is 1. The summed E-state index contributed by atoms with van der Waals surface area (Å²) in [5.41, 5.74) is 1.77. The number of hydrogen-bond acceptors (Lipinski definition) is 2. The molecule has 0 aliphatic carbocycles. The molecule has 0 saturated heterocycles. The maximum atomic E-state index is 9.90. The zero-order chi connectivity index (χ0) is 10.7. The van der Waals surface area contributed by atoms with Crippen molar-refractivity contribution in [2.24, 2.45) is 0 Å². The van der Waals surface area contributed by atoms with Crippen LogP contribution in [0.1, 0.15) is 37.8 Å². The minimum absolute atomic E-state index is 0.309. The van der Waals surface area contributed by atoms with Crippen LogP contribution in [-0.4, -0.2) is 16.3 Å². The maximum Gasteiger partial charge on any atom is 0.122 e. The van der Waals surface area contributed by atoms with E-state index in [-0.39, 0.29) is 0 Å². The fraction of sp³-hybridized carbons (Fsp3) is 0.500. The minimum Gasteiger partial charge on any atom is -0.507 e. The van der Waals surface area contributed by atoms with Gasteiger partial charge in [-0.2, -0.15) is 0 Å². The Kier molecular flexibility index (Phi) is 3.53. The van der Waals surface area contributed by atoms with Crippen LogP contribution in [0.4, 0.5) is 0 Å².